The van der Waals surface area contributed by atoms with Crippen LogP contribution in [0.1, 0.15) is 29.3 Å². The van der Waals surface area contributed by atoms with Crippen LogP contribution in [0.2, 0.25) is 0 Å². The fraction of sp³-hybridized carbons (Fsp3) is 0.316. The van der Waals surface area contributed by atoms with Gasteiger partial charge in [0.1, 0.15) is 11.4 Å². The van der Waals surface area contributed by atoms with Gasteiger partial charge in [-0.2, -0.15) is 0 Å². The molecule has 0 radical (unpaired) electrons. The Morgan fingerprint density at radius 1 is 1.15 bits per heavy atom. The van der Waals surface area contributed by atoms with Crippen LogP contribution in [0.3, 0.4) is 0 Å². The minimum atomic E-state index is -0.610. The van der Waals surface area contributed by atoms with Gasteiger partial charge in [-0.3, -0.25) is 18.7 Å². The fourth-order valence-corrected chi connectivity index (χ4v) is 3.14. The first-order valence-corrected chi connectivity index (χ1v) is 8.52. The van der Waals surface area contributed by atoms with Gasteiger partial charge in [-0.25, -0.2) is 4.79 Å². The molecule has 0 spiro atoms. The first-order chi connectivity index (χ1) is 12.9. The molecule has 1 aromatic carbocycles. The number of nitrogens with zero attached hydrogens (tertiary/aromatic N) is 2. The monoisotopic (exact) mass is 371 g/mol. The van der Waals surface area contributed by atoms with E-state index in [9.17, 15) is 14.4 Å². The van der Waals surface area contributed by atoms with Gasteiger partial charge in [0.05, 0.1) is 19.9 Å². The van der Waals surface area contributed by atoms with Gasteiger partial charge in [0.2, 0.25) is 5.78 Å². The Morgan fingerprint density at radius 3 is 2.52 bits per heavy atom. The summed E-state index contributed by atoms with van der Waals surface area (Å²) in [6, 6.07) is 5.28. The van der Waals surface area contributed by atoms with Gasteiger partial charge in [0.25, 0.3) is 5.56 Å². The van der Waals surface area contributed by atoms with Crippen LogP contribution in [-0.2, 0) is 13.6 Å². The predicted molar refractivity (Wildman–Crippen MR) is 102 cm³/mol. The van der Waals surface area contributed by atoms with Crippen LogP contribution in [0.4, 0.5) is 5.82 Å². The molecule has 0 saturated heterocycles. The highest BCUT2D eigenvalue weighted by Crippen LogP contribution is 2.34. The van der Waals surface area contributed by atoms with Gasteiger partial charge in [0.15, 0.2) is 11.5 Å². The number of benzene rings is 1. The Kier molecular flexibility index (Phi) is 4.89. The molecule has 3 rings (SSSR count). The lowest BCUT2D eigenvalue weighted by molar-refractivity contribution is 0.104. The first-order valence-electron chi connectivity index (χ1n) is 8.52. The Labute approximate surface area is 155 Å². The number of carbonyl (C=O) groups excluding carboxylic acids is 1. The molecule has 8 nitrogen and oxygen atoms in total. The standard InChI is InChI=1S/C19H21N3O5/c1-5-9-22-17-14(18(24)21(2)19(22)25)15(23)12(20-17)10-11-7-6-8-13(26-3)16(11)27-4/h6-8,10,20H,5,9H2,1-4H3/b12-10+. The molecule has 8 heteroatoms. The maximum absolute atomic E-state index is 12.9. The zero-order valence-electron chi connectivity index (χ0n) is 15.7. The van der Waals surface area contributed by atoms with E-state index in [0.717, 1.165) is 4.57 Å². The molecule has 2 heterocycles. The molecular formula is C19H21N3O5. The quantitative estimate of drug-likeness (QED) is 0.803. The van der Waals surface area contributed by atoms with Crippen LogP contribution < -0.4 is 26.0 Å². The Balaban J connectivity index is 2.18. The van der Waals surface area contributed by atoms with Crippen LogP contribution in [0.25, 0.3) is 6.08 Å². The molecule has 0 amide bonds. The lowest BCUT2D eigenvalue weighted by atomic mass is 10.1. The van der Waals surface area contributed by atoms with Gasteiger partial charge >= 0.3 is 5.69 Å². The van der Waals surface area contributed by atoms with E-state index in [-0.39, 0.29) is 17.1 Å². The highest BCUT2D eigenvalue weighted by atomic mass is 16.5. The van der Waals surface area contributed by atoms with Gasteiger partial charge < -0.3 is 14.8 Å². The summed E-state index contributed by atoms with van der Waals surface area (Å²) in [5, 5.41) is 2.95. The van der Waals surface area contributed by atoms with Crippen molar-refractivity contribution in [3.05, 3.63) is 55.9 Å². The Bertz CT molecular complexity index is 1060. The number of rotatable bonds is 5. The van der Waals surface area contributed by atoms with E-state index in [1.165, 1.54) is 25.8 Å². The van der Waals surface area contributed by atoms with Crippen LogP contribution >= 0.6 is 0 Å². The number of carbonyl (C=O) groups is 1. The molecule has 1 aromatic heterocycles. The number of nitrogens with one attached hydrogen (secondary N) is 1. The summed E-state index contributed by atoms with van der Waals surface area (Å²) in [6.45, 7) is 2.31. The smallest absolute Gasteiger partial charge is 0.332 e. The number of hydrogen-bond donors (Lipinski definition) is 1. The third-order valence-corrected chi connectivity index (χ3v) is 4.45. The van der Waals surface area contributed by atoms with Crippen molar-refractivity contribution in [1.29, 1.82) is 0 Å². The largest absolute Gasteiger partial charge is 0.493 e. The van der Waals surface area contributed by atoms with Crippen molar-refractivity contribution in [3.8, 4) is 11.5 Å². The molecule has 1 aliphatic heterocycles. The molecule has 0 saturated carbocycles. The molecule has 0 aliphatic carbocycles. The number of fused-ring (bicyclic) bond motifs is 1. The topological polar surface area (TPSA) is 91.6 Å². The molecule has 142 valence electrons. The molecule has 27 heavy (non-hydrogen) atoms. The summed E-state index contributed by atoms with van der Waals surface area (Å²) < 4.78 is 13.0. The zero-order chi connectivity index (χ0) is 19.7. The maximum atomic E-state index is 12.9. The van der Waals surface area contributed by atoms with Crippen molar-refractivity contribution in [2.45, 2.75) is 19.9 Å². The molecule has 0 bridgehead atoms. The summed E-state index contributed by atoms with van der Waals surface area (Å²) in [5.41, 5.74) is -0.286. The number of aromatic nitrogens is 2. The molecule has 0 unspecified atom stereocenters. The second-order valence-corrected chi connectivity index (χ2v) is 6.12. The van der Waals surface area contributed by atoms with Crippen molar-refractivity contribution >= 4 is 17.7 Å². The molecular weight excluding hydrogens is 350 g/mol. The number of methoxy groups -OCH3 is 2. The van der Waals surface area contributed by atoms with Gasteiger partial charge in [0, 0.05) is 19.2 Å². The number of para-hydroxylation sites is 1. The fourth-order valence-electron chi connectivity index (χ4n) is 3.14. The van der Waals surface area contributed by atoms with E-state index in [0.29, 0.717) is 30.0 Å². The van der Waals surface area contributed by atoms with Crippen molar-refractivity contribution in [2.75, 3.05) is 19.5 Å². The van der Waals surface area contributed by atoms with Crippen molar-refractivity contribution in [3.63, 3.8) is 0 Å². The van der Waals surface area contributed by atoms with Gasteiger partial charge in [-0.15, -0.1) is 0 Å². The van der Waals surface area contributed by atoms with Crippen molar-refractivity contribution in [2.24, 2.45) is 7.05 Å². The summed E-state index contributed by atoms with van der Waals surface area (Å²) in [6.07, 6.45) is 2.27. The van der Waals surface area contributed by atoms with E-state index in [1.54, 1.807) is 24.3 Å². The van der Waals surface area contributed by atoms with E-state index in [4.69, 9.17) is 9.47 Å². The number of Topliss-reactive ketones (excluding diaryl/α,β-unsaturated/α-hetero) is 1. The summed E-state index contributed by atoms with van der Waals surface area (Å²) in [4.78, 5) is 37.8. The van der Waals surface area contributed by atoms with Crippen LogP contribution in [0.15, 0.2) is 33.5 Å². The minimum absolute atomic E-state index is 0.0290. The normalized spacial score (nSPS) is 14.2. The molecule has 1 aliphatic rings. The van der Waals surface area contributed by atoms with Crippen molar-refractivity contribution in [1.82, 2.24) is 9.13 Å². The summed E-state index contributed by atoms with van der Waals surface area (Å²) in [5.74, 6) is 0.772. The summed E-state index contributed by atoms with van der Waals surface area (Å²) >= 11 is 0. The predicted octanol–water partition coefficient (Wildman–Crippen LogP) is 1.62. The lowest BCUT2D eigenvalue weighted by Gasteiger charge is -2.12. The van der Waals surface area contributed by atoms with Gasteiger partial charge in [-0.05, 0) is 18.6 Å². The van der Waals surface area contributed by atoms with E-state index in [2.05, 4.69) is 5.32 Å². The number of hydrogen-bond acceptors (Lipinski definition) is 6. The van der Waals surface area contributed by atoms with Crippen LogP contribution in [-0.4, -0.2) is 29.1 Å². The summed E-state index contributed by atoms with van der Waals surface area (Å²) in [7, 11) is 4.40. The first kappa shape index (κ1) is 18.5. The van der Waals surface area contributed by atoms with E-state index < -0.39 is 17.0 Å². The van der Waals surface area contributed by atoms with E-state index in [1.807, 2.05) is 6.92 Å². The lowest BCUT2D eigenvalue weighted by Crippen LogP contribution is -2.40. The Morgan fingerprint density at radius 2 is 1.89 bits per heavy atom. The average molecular weight is 371 g/mol. The van der Waals surface area contributed by atoms with Gasteiger partial charge in [-0.1, -0.05) is 19.1 Å². The molecule has 1 N–H and O–H groups in total. The average Bonchev–Trinajstić information content (AvgIpc) is 2.99. The number of anilines is 1. The number of allylic oxidation sites excluding steroid dienone is 1. The van der Waals surface area contributed by atoms with Crippen LogP contribution in [0.5, 0.6) is 11.5 Å². The number of ether oxygens (including phenoxy) is 2. The zero-order valence-corrected chi connectivity index (χ0v) is 15.7. The highest BCUT2D eigenvalue weighted by molar-refractivity contribution is 6.19. The molecule has 0 fully saturated rings. The SMILES string of the molecule is CCCn1c2c(c(=O)n(C)c1=O)C(=O)/C(=C\c1cccc(OC)c1OC)N2. The third kappa shape index (κ3) is 2.92. The maximum Gasteiger partial charge on any atom is 0.332 e. The number of ketones is 1. The molecule has 2 aromatic rings. The third-order valence-electron chi connectivity index (χ3n) is 4.45. The molecule has 0 atom stereocenters. The highest BCUT2D eigenvalue weighted by Gasteiger charge is 2.32. The second-order valence-electron chi connectivity index (χ2n) is 6.12. The van der Waals surface area contributed by atoms with E-state index >= 15 is 0 Å². The second kappa shape index (κ2) is 7.14. The van der Waals surface area contributed by atoms with Crippen LogP contribution in [0, 0.1) is 0 Å². The Hall–Kier alpha value is -3.29. The minimum Gasteiger partial charge on any atom is -0.493 e. The van der Waals surface area contributed by atoms with Crippen molar-refractivity contribution < 1.29 is 14.3 Å².